The third-order valence-electron chi connectivity index (χ3n) is 2.85. The predicted molar refractivity (Wildman–Crippen MR) is 49.3 cm³/mol. The van der Waals surface area contributed by atoms with Crippen LogP contribution in [0, 0.1) is 19.3 Å². The van der Waals surface area contributed by atoms with Crippen molar-refractivity contribution >= 4 is 6.29 Å². The molecule has 2 fully saturated rings. The second-order valence-electron chi connectivity index (χ2n) is 3.79. The SMILES string of the molecule is [CH][C@H]1CC[C@@H]2O[C@@H](C#C)C[C@]2(C=O)O1. The molecule has 2 heterocycles. The molecule has 4 atom stereocenters. The summed E-state index contributed by atoms with van der Waals surface area (Å²) in [7, 11) is 0. The molecule has 0 bridgehead atoms. The lowest BCUT2D eigenvalue weighted by atomic mass is 9.88. The van der Waals surface area contributed by atoms with E-state index >= 15 is 0 Å². The number of aldehydes is 1. The van der Waals surface area contributed by atoms with E-state index in [1.54, 1.807) is 0 Å². The van der Waals surface area contributed by atoms with Crippen molar-refractivity contribution in [3.05, 3.63) is 6.92 Å². The maximum atomic E-state index is 11.0. The fourth-order valence-corrected chi connectivity index (χ4v) is 2.13. The van der Waals surface area contributed by atoms with Gasteiger partial charge in [-0.25, -0.2) is 0 Å². The van der Waals surface area contributed by atoms with E-state index in [4.69, 9.17) is 22.8 Å². The zero-order valence-corrected chi connectivity index (χ0v) is 7.81. The molecule has 0 aliphatic carbocycles. The molecule has 2 radical (unpaired) electrons. The Bertz CT molecular complexity index is 281. The summed E-state index contributed by atoms with van der Waals surface area (Å²) in [5, 5.41) is 0. The molecule has 0 aromatic heterocycles. The van der Waals surface area contributed by atoms with Crippen LogP contribution < -0.4 is 0 Å². The minimum absolute atomic E-state index is 0.221. The molecule has 0 saturated carbocycles. The average molecular weight is 192 g/mol. The molecule has 2 rings (SSSR count). The summed E-state index contributed by atoms with van der Waals surface area (Å²) in [6.45, 7) is 5.65. The third kappa shape index (κ3) is 1.35. The molecule has 0 aromatic rings. The number of hydrogen-bond acceptors (Lipinski definition) is 3. The van der Waals surface area contributed by atoms with Crippen molar-refractivity contribution in [2.75, 3.05) is 0 Å². The van der Waals surface area contributed by atoms with Gasteiger partial charge in [-0.05, 0) is 19.8 Å². The van der Waals surface area contributed by atoms with Crippen molar-refractivity contribution < 1.29 is 14.3 Å². The molecular weight excluding hydrogens is 180 g/mol. The number of rotatable bonds is 1. The quantitative estimate of drug-likeness (QED) is 0.451. The molecule has 0 spiro atoms. The maximum Gasteiger partial charge on any atom is 0.154 e. The average Bonchev–Trinajstić information content (AvgIpc) is 2.56. The zero-order chi connectivity index (χ0) is 10.2. The Labute approximate surface area is 83.8 Å². The van der Waals surface area contributed by atoms with Crippen LogP contribution in [0.5, 0.6) is 0 Å². The van der Waals surface area contributed by atoms with Crippen LogP contribution in [-0.4, -0.2) is 30.2 Å². The van der Waals surface area contributed by atoms with Crippen molar-refractivity contribution in [3.8, 4) is 12.3 Å². The van der Waals surface area contributed by atoms with Gasteiger partial charge < -0.3 is 14.3 Å². The van der Waals surface area contributed by atoms with Crippen LogP contribution in [0.2, 0.25) is 0 Å². The molecular formula is C11H12O3. The van der Waals surface area contributed by atoms with Crippen molar-refractivity contribution in [1.82, 2.24) is 0 Å². The highest BCUT2D eigenvalue weighted by Gasteiger charge is 2.52. The summed E-state index contributed by atoms with van der Waals surface area (Å²) in [6.07, 6.45) is 6.98. The van der Waals surface area contributed by atoms with Crippen LogP contribution in [-0.2, 0) is 14.3 Å². The highest BCUT2D eigenvalue weighted by atomic mass is 16.6. The predicted octanol–water partition coefficient (Wildman–Crippen LogP) is 0.605. The first-order valence-electron chi connectivity index (χ1n) is 4.71. The van der Waals surface area contributed by atoms with Crippen LogP contribution in [0.4, 0.5) is 0 Å². The van der Waals surface area contributed by atoms with E-state index in [0.29, 0.717) is 12.8 Å². The number of terminal acetylenes is 1. The number of hydrogen-bond donors (Lipinski definition) is 0. The van der Waals surface area contributed by atoms with E-state index < -0.39 is 5.60 Å². The lowest BCUT2D eigenvalue weighted by Crippen LogP contribution is -2.49. The van der Waals surface area contributed by atoms with Gasteiger partial charge in [0.25, 0.3) is 0 Å². The molecule has 2 aliphatic rings. The van der Waals surface area contributed by atoms with E-state index in [-0.39, 0.29) is 18.3 Å². The lowest BCUT2D eigenvalue weighted by molar-refractivity contribution is -0.161. The summed E-state index contributed by atoms with van der Waals surface area (Å²) in [5.41, 5.74) is -0.894. The van der Waals surface area contributed by atoms with Gasteiger partial charge in [0.2, 0.25) is 0 Å². The maximum absolute atomic E-state index is 11.0. The summed E-state index contributed by atoms with van der Waals surface area (Å²) >= 11 is 0. The van der Waals surface area contributed by atoms with Crippen LogP contribution in [0.15, 0.2) is 0 Å². The van der Waals surface area contributed by atoms with Crippen molar-refractivity contribution in [2.45, 2.75) is 43.2 Å². The molecule has 74 valence electrons. The third-order valence-corrected chi connectivity index (χ3v) is 2.85. The highest BCUT2D eigenvalue weighted by molar-refractivity contribution is 5.65. The number of fused-ring (bicyclic) bond motifs is 1. The first-order chi connectivity index (χ1) is 6.70. The first kappa shape index (κ1) is 9.70. The minimum atomic E-state index is -0.894. The van der Waals surface area contributed by atoms with Gasteiger partial charge in [0.05, 0.1) is 12.2 Å². The van der Waals surface area contributed by atoms with Crippen molar-refractivity contribution in [1.29, 1.82) is 0 Å². The molecule has 2 saturated heterocycles. The van der Waals surface area contributed by atoms with E-state index in [9.17, 15) is 4.79 Å². The van der Waals surface area contributed by atoms with E-state index in [1.807, 2.05) is 0 Å². The summed E-state index contributed by atoms with van der Waals surface area (Å²) in [4.78, 5) is 11.0. The van der Waals surface area contributed by atoms with Crippen LogP contribution >= 0.6 is 0 Å². The second-order valence-corrected chi connectivity index (χ2v) is 3.79. The Morgan fingerprint density at radius 2 is 2.29 bits per heavy atom. The summed E-state index contributed by atoms with van der Waals surface area (Å²) in [6, 6.07) is 0. The number of carbonyl (C=O) groups is 1. The van der Waals surface area contributed by atoms with Gasteiger partial charge in [-0.15, -0.1) is 6.42 Å². The van der Waals surface area contributed by atoms with Gasteiger partial charge in [0.15, 0.2) is 11.9 Å². The van der Waals surface area contributed by atoms with Gasteiger partial charge in [-0.1, -0.05) is 5.92 Å². The second kappa shape index (κ2) is 3.38. The number of ether oxygens (including phenoxy) is 2. The molecule has 0 amide bonds. The smallest absolute Gasteiger partial charge is 0.154 e. The Morgan fingerprint density at radius 3 is 2.93 bits per heavy atom. The minimum Gasteiger partial charge on any atom is -0.361 e. The lowest BCUT2D eigenvalue weighted by Gasteiger charge is -2.36. The fraction of sp³-hybridized carbons (Fsp3) is 0.636. The molecule has 0 aromatic carbocycles. The first-order valence-corrected chi connectivity index (χ1v) is 4.71. The molecule has 0 N–H and O–H groups in total. The largest absolute Gasteiger partial charge is 0.361 e. The van der Waals surface area contributed by atoms with Gasteiger partial charge in [0.1, 0.15) is 6.10 Å². The normalized spacial score (nSPS) is 46.7. The molecule has 3 heteroatoms. The van der Waals surface area contributed by atoms with Gasteiger partial charge in [0, 0.05) is 6.42 Å². The fourth-order valence-electron chi connectivity index (χ4n) is 2.13. The highest BCUT2D eigenvalue weighted by Crippen LogP contribution is 2.39. The summed E-state index contributed by atoms with van der Waals surface area (Å²) < 4.78 is 11.0. The van der Waals surface area contributed by atoms with Crippen LogP contribution in [0.3, 0.4) is 0 Å². The Kier molecular flexibility index (Phi) is 2.34. The number of carbonyl (C=O) groups excluding carboxylic acids is 1. The van der Waals surface area contributed by atoms with Crippen molar-refractivity contribution in [3.63, 3.8) is 0 Å². The van der Waals surface area contributed by atoms with Gasteiger partial charge in [-0.3, -0.25) is 0 Å². The topological polar surface area (TPSA) is 35.5 Å². The van der Waals surface area contributed by atoms with Gasteiger partial charge >= 0.3 is 0 Å². The molecule has 14 heavy (non-hydrogen) atoms. The van der Waals surface area contributed by atoms with Gasteiger partial charge in [-0.2, -0.15) is 0 Å². The standard InChI is InChI=1S/C11H12O3/c1-3-9-6-11(7-12)10(13-9)5-4-8(2)14-11/h1-2,7-10H,4-6H2/t8-,9-,10-,11+/m0/s1. The van der Waals surface area contributed by atoms with E-state index in [0.717, 1.165) is 12.7 Å². The van der Waals surface area contributed by atoms with Crippen LogP contribution in [0.1, 0.15) is 19.3 Å². The molecule has 0 unspecified atom stereocenters. The van der Waals surface area contributed by atoms with E-state index in [2.05, 4.69) is 5.92 Å². The Balaban J connectivity index is 2.21. The van der Waals surface area contributed by atoms with Crippen molar-refractivity contribution in [2.24, 2.45) is 0 Å². The molecule has 3 nitrogen and oxygen atoms in total. The Morgan fingerprint density at radius 1 is 1.50 bits per heavy atom. The zero-order valence-electron chi connectivity index (χ0n) is 7.81. The monoisotopic (exact) mass is 192 g/mol. The van der Waals surface area contributed by atoms with E-state index in [1.165, 1.54) is 0 Å². The summed E-state index contributed by atoms with van der Waals surface area (Å²) in [5.74, 6) is 2.49. The van der Waals surface area contributed by atoms with Crippen LogP contribution in [0.25, 0.3) is 0 Å². The Hall–Kier alpha value is -0.850. The molecule has 2 aliphatic heterocycles.